The number of ether oxygens (including phenoxy) is 1. The van der Waals surface area contributed by atoms with Gasteiger partial charge in [-0.1, -0.05) is 11.6 Å². The average Bonchev–Trinajstić information content (AvgIpc) is 2.69. The zero-order chi connectivity index (χ0) is 13.7. The van der Waals surface area contributed by atoms with Gasteiger partial charge in [0.2, 0.25) is 5.91 Å². The van der Waals surface area contributed by atoms with E-state index in [1.54, 1.807) is 4.90 Å². The predicted molar refractivity (Wildman–Crippen MR) is 70.0 cm³/mol. The molecule has 0 saturated carbocycles. The van der Waals surface area contributed by atoms with E-state index in [1.165, 1.54) is 12.7 Å². The average molecular weight is 253 g/mol. The number of allylic oxidation sites excluding steroid dienone is 2. The molecule has 0 bridgehead atoms. The molecule has 1 rings (SSSR count). The van der Waals surface area contributed by atoms with E-state index >= 15 is 0 Å². The minimum Gasteiger partial charge on any atom is -0.467 e. The normalized spacial score (nSPS) is 20.8. The van der Waals surface area contributed by atoms with Gasteiger partial charge in [0.15, 0.2) is 0 Å². The summed E-state index contributed by atoms with van der Waals surface area (Å²) in [6.07, 6.45) is 5.00. The van der Waals surface area contributed by atoms with Crippen LogP contribution in [0.1, 0.15) is 46.5 Å². The van der Waals surface area contributed by atoms with Gasteiger partial charge in [0.05, 0.1) is 7.11 Å². The SMILES string of the molecule is COC(=O)C1CCC(=O)N1C(C)CCC=C(C)C. The molecule has 1 aliphatic rings. The monoisotopic (exact) mass is 253 g/mol. The smallest absolute Gasteiger partial charge is 0.328 e. The molecule has 0 aliphatic carbocycles. The molecule has 2 unspecified atom stereocenters. The summed E-state index contributed by atoms with van der Waals surface area (Å²) >= 11 is 0. The Kier molecular flexibility index (Phi) is 5.38. The predicted octanol–water partition coefficient (Wildman–Crippen LogP) is 2.29. The number of nitrogens with zero attached hydrogens (tertiary/aromatic N) is 1. The maximum absolute atomic E-state index is 11.8. The molecule has 1 saturated heterocycles. The van der Waals surface area contributed by atoms with Crippen molar-refractivity contribution in [1.82, 2.24) is 4.90 Å². The Hall–Kier alpha value is -1.32. The summed E-state index contributed by atoms with van der Waals surface area (Å²) in [6.45, 7) is 6.11. The fourth-order valence-corrected chi connectivity index (χ4v) is 2.37. The lowest BCUT2D eigenvalue weighted by molar-refractivity contribution is -0.150. The maximum atomic E-state index is 11.8. The lowest BCUT2D eigenvalue weighted by atomic mass is 10.1. The van der Waals surface area contributed by atoms with Gasteiger partial charge in [-0.2, -0.15) is 0 Å². The number of rotatable bonds is 5. The number of methoxy groups -OCH3 is 1. The number of hydrogen-bond acceptors (Lipinski definition) is 3. The molecule has 0 aromatic carbocycles. The van der Waals surface area contributed by atoms with E-state index in [-0.39, 0.29) is 24.0 Å². The summed E-state index contributed by atoms with van der Waals surface area (Å²) in [5.74, 6) is -0.231. The Balaban J connectivity index is 2.63. The van der Waals surface area contributed by atoms with Gasteiger partial charge in [0.25, 0.3) is 0 Å². The number of carbonyl (C=O) groups is 2. The van der Waals surface area contributed by atoms with Crippen LogP contribution in [0.3, 0.4) is 0 Å². The Labute approximate surface area is 109 Å². The first-order valence-corrected chi connectivity index (χ1v) is 6.49. The maximum Gasteiger partial charge on any atom is 0.328 e. The number of carbonyl (C=O) groups excluding carboxylic acids is 2. The van der Waals surface area contributed by atoms with Crippen molar-refractivity contribution in [3.8, 4) is 0 Å². The molecule has 4 nitrogen and oxygen atoms in total. The van der Waals surface area contributed by atoms with Gasteiger partial charge in [-0.25, -0.2) is 4.79 Å². The van der Waals surface area contributed by atoms with Crippen LogP contribution in [0.2, 0.25) is 0 Å². The Morgan fingerprint density at radius 3 is 2.78 bits per heavy atom. The molecule has 102 valence electrons. The Bertz CT molecular complexity index is 345. The first-order valence-electron chi connectivity index (χ1n) is 6.49. The lowest BCUT2D eigenvalue weighted by Crippen LogP contribution is -2.44. The molecule has 1 fully saturated rings. The van der Waals surface area contributed by atoms with E-state index in [1.807, 2.05) is 6.92 Å². The molecule has 1 heterocycles. The number of likely N-dealkylation sites (tertiary alicyclic amines) is 1. The van der Waals surface area contributed by atoms with E-state index in [2.05, 4.69) is 19.9 Å². The minimum absolute atomic E-state index is 0.0649. The van der Waals surface area contributed by atoms with Crippen LogP contribution in [0, 0.1) is 0 Å². The molecule has 0 N–H and O–H groups in total. The van der Waals surface area contributed by atoms with E-state index in [0.29, 0.717) is 12.8 Å². The molecular formula is C14H23NO3. The molecule has 0 aromatic rings. The fraction of sp³-hybridized carbons (Fsp3) is 0.714. The molecule has 0 aromatic heterocycles. The highest BCUT2D eigenvalue weighted by molar-refractivity contribution is 5.88. The van der Waals surface area contributed by atoms with Crippen molar-refractivity contribution in [3.05, 3.63) is 11.6 Å². The van der Waals surface area contributed by atoms with E-state index in [4.69, 9.17) is 4.74 Å². The highest BCUT2D eigenvalue weighted by atomic mass is 16.5. The van der Waals surface area contributed by atoms with Gasteiger partial charge in [0, 0.05) is 12.5 Å². The molecular weight excluding hydrogens is 230 g/mol. The van der Waals surface area contributed by atoms with Crippen molar-refractivity contribution in [1.29, 1.82) is 0 Å². The van der Waals surface area contributed by atoms with Crippen LogP contribution in [-0.2, 0) is 14.3 Å². The van der Waals surface area contributed by atoms with E-state index in [0.717, 1.165) is 12.8 Å². The summed E-state index contributed by atoms with van der Waals surface area (Å²) in [4.78, 5) is 25.2. The summed E-state index contributed by atoms with van der Waals surface area (Å²) in [7, 11) is 1.37. The summed E-state index contributed by atoms with van der Waals surface area (Å²) in [5, 5.41) is 0. The zero-order valence-electron chi connectivity index (χ0n) is 11.7. The van der Waals surface area contributed by atoms with Gasteiger partial charge in [-0.3, -0.25) is 4.79 Å². The van der Waals surface area contributed by atoms with Crippen molar-refractivity contribution in [2.45, 2.75) is 58.5 Å². The Morgan fingerprint density at radius 2 is 2.22 bits per heavy atom. The third-order valence-corrected chi connectivity index (χ3v) is 3.34. The van der Waals surface area contributed by atoms with Crippen LogP contribution in [0.25, 0.3) is 0 Å². The van der Waals surface area contributed by atoms with Crippen LogP contribution >= 0.6 is 0 Å². The van der Waals surface area contributed by atoms with Gasteiger partial charge >= 0.3 is 5.97 Å². The zero-order valence-corrected chi connectivity index (χ0v) is 11.7. The van der Waals surface area contributed by atoms with Crippen LogP contribution in [0.15, 0.2) is 11.6 Å². The second-order valence-corrected chi connectivity index (χ2v) is 5.09. The van der Waals surface area contributed by atoms with Crippen molar-refractivity contribution in [2.75, 3.05) is 7.11 Å². The second-order valence-electron chi connectivity index (χ2n) is 5.09. The first kappa shape index (κ1) is 14.7. The molecule has 0 spiro atoms. The van der Waals surface area contributed by atoms with Crippen molar-refractivity contribution < 1.29 is 14.3 Å². The van der Waals surface area contributed by atoms with Crippen LogP contribution in [0.5, 0.6) is 0 Å². The quantitative estimate of drug-likeness (QED) is 0.558. The summed E-state index contributed by atoms with van der Waals surface area (Å²) in [6, 6.07) is -0.302. The van der Waals surface area contributed by atoms with Crippen molar-refractivity contribution in [2.24, 2.45) is 0 Å². The molecule has 2 atom stereocenters. The second kappa shape index (κ2) is 6.57. The number of esters is 1. The van der Waals surface area contributed by atoms with Crippen LogP contribution in [-0.4, -0.2) is 36.0 Å². The number of amides is 1. The van der Waals surface area contributed by atoms with Gasteiger partial charge in [0.1, 0.15) is 6.04 Å². The molecule has 1 amide bonds. The van der Waals surface area contributed by atoms with E-state index in [9.17, 15) is 9.59 Å². The van der Waals surface area contributed by atoms with Crippen LogP contribution < -0.4 is 0 Å². The largest absolute Gasteiger partial charge is 0.467 e. The van der Waals surface area contributed by atoms with E-state index < -0.39 is 0 Å². The molecule has 18 heavy (non-hydrogen) atoms. The highest BCUT2D eigenvalue weighted by Crippen LogP contribution is 2.24. The number of hydrogen-bond donors (Lipinski definition) is 0. The van der Waals surface area contributed by atoms with Gasteiger partial charge < -0.3 is 9.64 Å². The van der Waals surface area contributed by atoms with Crippen molar-refractivity contribution in [3.63, 3.8) is 0 Å². The summed E-state index contributed by atoms with van der Waals surface area (Å²) in [5.41, 5.74) is 1.28. The topological polar surface area (TPSA) is 46.6 Å². The first-order chi connectivity index (χ1) is 8.47. The fourth-order valence-electron chi connectivity index (χ4n) is 2.37. The molecule has 4 heteroatoms. The third kappa shape index (κ3) is 3.59. The standard InChI is InChI=1S/C14H23NO3/c1-10(2)6-5-7-11(3)15-12(14(17)18-4)8-9-13(15)16/h6,11-12H,5,7-9H2,1-4H3. The minimum atomic E-state index is -0.385. The Morgan fingerprint density at radius 1 is 1.56 bits per heavy atom. The van der Waals surface area contributed by atoms with Gasteiger partial charge in [-0.05, 0) is 40.0 Å². The highest BCUT2D eigenvalue weighted by Gasteiger charge is 2.39. The van der Waals surface area contributed by atoms with Crippen LogP contribution in [0.4, 0.5) is 0 Å². The lowest BCUT2D eigenvalue weighted by Gasteiger charge is -2.29. The molecule has 0 radical (unpaired) electrons. The molecule has 1 aliphatic heterocycles. The third-order valence-electron chi connectivity index (χ3n) is 3.34. The van der Waals surface area contributed by atoms with Crippen molar-refractivity contribution >= 4 is 11.9 Å². The summed E-state index contributed by atoms with van der Waals surface area (Å²) < 4.78 is 4.76. The van der Waals surface area contributed by atoms with Gasteiger partial charge in [-0.15, -0.1) is 0 Å².